The van der Waals surface area contributed by atoms with Gasteiger partial charge in [-0.3, -0.25) is 0 Å². The molecule has 0 amide bonds. The van der Waals surface area contributed by atoms with Gasteiger partial charge in [-0.15, -0.1) is 0 Å². The molecule has 42 heavy (non-hydrogen) atoms. The molecule has 0 unspecified atom stereocenters. The number of pyridine rings is 1. The first-order valence-corrected chi connectivity index (χ1v) is 15.3. The summed E-state index contributed by atoms with van der Waals surface area (Å²) in [4.78, 5) is 13.2. The Kier molecular flexibility index (Phi) is 9.25. The highest BCUT2D eigenvalue weighted by Gasteiger charge is 2.31. The van der Waals surface area contributed by atoms with Crippen LogP contribution < -0.4 is 21.3 Å². The van der Waals surface area contributed by atoms with E-state index in [1.165, 1.54) is 16.4 Å². The number of rotatable bonds is 11. The summed E-state index contributed by atoms with van der Waals surface area (Å²) in [6.45, 7) is 0.716. The fraction of sp³-hybridized carbons (Fsp3) is 0.300. The quantitative estimate of drug-likeness (QED) is 0.185. The Labute approximate surface area is 245 Å². The minimum absolute atomic E-state index is 0.0538. The van der Waals surface area contributed by atoms with Crippen LogP contribution >= 0.6 is 0 Å². The lowest BCUT2D eigenvalue weighted by atomic mass is 9.91. The normalized spacial score (nSPS) is 17.1. The number of hydrogen-bond acceptors (Lipinski definition) is 9. The number of benzene rings is 2. The summed E-state index contributed by atoms with van der Waals surface area (Å²) in [6, 6.07) is 18.5. The van der Waals surface area contributed by atoms with Crippen molar-refractivity contribution in [3.8, 4) is 0 Å². The Bertz CT molecular complexity index is 1580. The third-order valence-corrected chi connectivity index (χ3v) is 9.40. The predicted octanol–water partition coefficient (Wildman–Crippen LogP) is 5.26. The minimum Gasteiger partial charge on any atom is -0.373 e. The van der Waals surface area contributed by atoms with E-state index in [-0.39, 0.29) is 16.8 Å². The molecule has 220 valence electrons. The van der Waals surface area contributed by atoms with Crippen molar-refractivity contribution in [1.29, 1.82) is 0 Å². The van der Waals surface area contributed by atoms with Crippen LogP contribution in [0.3, 0.4) is 0 Å². The number of halogens is 1. The van der Waals surface area contributed by atoms with Gasteiger partial charge in [-0.2, -0.15) is 9.29 Å². The molecule has 0 saturated heterocycles. The molecular weight excluding hydrogens is 555 g/mol. The van der Waals surface area contributed by atoms with E-state index in [0.717, 1.165) is 37.1 Å². The summed E-state index contributed by atoms with van der Waals surface area (Å²) in [7, 11) is -0.123. The van der Waals surface area contributed by atoms with E-state index in [4.69, 9.17) is 0 Å². The molecule has 1 aliphatic rings. The van der Waals surface area contributed by atoms with Gasteiger partial charge in [0.15, 0.2) is 0 Å². The van der Waals surface area contributed by atoms with E-state index in [1.54, 1.807) is 61.9 Å². The summed E-state index contributed by atoms with van der Waals surface area (Å²) in [5, 5.41) is 12.9. The minimum atomic E-state index is -3.65. The van der Waals surface area contributed by atoms with Crippen LogP contribution in [0.1, 0.15) is 31.2 Å². The zero-order chi connectivity index (χ0) is 29.5. The Morgan fingerprint density at radius 1 is 0.881 bits per heavy atom. The largest absolute Gasteiger partial charge is 0.373 e. The highest BCUT2D eigenvalue weighted by atomic mass is 32.2. The van der Waals surface area contributed by atoms with E-state index in [1.807, 2.05) is 13.1 Å². The maximum atomic E-state index is 13.4. The first-order valence-electron chi connectivity index (χ1n) is 13.9. The molecule has 1 saturated carbocycles. The fourth-order valence-corrected chi connectivity index (χ4v) is 6.49. The summed E-state index contributed by atoms with van der Waals surface area (Å²) in [5.41, 5.74) is 2.45. The van der Waals surface area contributed by atoms with Crippen molar-refractivity contribution in [2.45, 2.75) is 49.2 Å². The van der Waals surface area contributed by atoms with Crippen LogP contribution in [0.15, 0.2) is 84.0 Å². The lowest BCUT2D eigenvalue weighted by Crippen LogP contribution is -2.43. The zero-order valence-electron chi connectivity index (χ0n) is 23.6. The molecular formula is C30H35FN8O2S. The van der Waals surface area contributed by atoms with Crippen LogP contribution in [0.25, 0.3) is 0 Å². The van der Waals surface area contributed by atoms with Gasteiger partial charge in [-0.05, 0) is 86.3 Å². The third kappa shape index (κ3) is 7.19. The van der Waals surface area contributed by atoms with Crippen molar-refractivity contribution < 1.29 is 12.8 Å². The van der Waals surface area contributed by atoms with Crippen molar-refractivity contribution in [3.05, 3.63) is 90.5 Å². The zero-order valence-corrected chi connectivity index (χ0v) is 24.4. The van der Waals surface area contributed by atoms with Gasteiger partial charge in [0, 0.05) is 62.1 Å². The van der Waals surface area contributed by atoms with Crippen LogP contribution in [0.4, 0.5) is 33.3 Å². The molecule has 0 atom stereocenters. The topological polar surface area (TPSA) is 124 Å². The number of aromatic nitrogens is 3. The lowest BCUT2D eigenvalue weighted by molar-refractivity contribution is 0.249. The van der Waals surface area contributed by atoms with Crippen LogP contribution in [-0.2, 0) is 16.6 Å². The first-order chi connectivity index (χ1) is 20.3. The second kappa shape index (κ2) is 13.2. The SMILES string of the molecule is CNc1ncccc1CNC1CCC(N(C)S(=O)(=O)c2ccc(Nc3nccc(Nc4ccc(F)cc4)n3)cc2)CC1. The molecule has 4 N–H and O–H groups in total. The van der Waals surface area contributed by atoms with Crippen molar-refractivity contribution >= 4 is 39.0 Å². The lowest BCUT2D eigenvalue weighted by Gasteiger charge is -2.34. The van der Waals surface area contributed by atoms with E-state index in [2.05, 4.69) is 42.3 Å². The summed E-state index contributed by atoms with van der Waals surface area (Å²) in [5.74, 6) is 1.42. The highest BCUT2D eigenvalue weighted by molar-refractivity contribution is 7.89. The third-order valence-electron chi connectivity index (χ3n) is 7.48. The van der Waals surface area contributed by atoms with Gasteiger partial charge in [0.1, 0.15) is 17.5 Å². The van der Waals surface area contributed by atoms with Crippen molar-refractivity contribution in [1.82, 2.24) is 24.6 Å². The molecule has 0 spiro atoms. The van der Waals surface area contributed by atoms with Crippen LogP contribution in [-0.4, -0.2) is 53.9 Å². The molecule has 0 radical (unpaired) electrons. The molecule has 2 heterocycles. The first kappa shape index (κ1) is 29.4. The molecule has 5 rings (SSSR count). The van der Waals surface area contributed by atoms with E-state index in [0.29, 0.717) is 35.7 Å². The summed E-state index contributed by atoms with van der Waals surface area (Å²) < 4.78 is 41.5. The number of nitrogens with zero attached hydrogens (tertiary/aromatic N) is 4. The summed E-state index contributed by atoms with van der Waals surface area (Å²) >= 11 is 0. The predicted molar refractivity (Wildman–Crippen MR) is 163 cm³/mol. The van der Waals surface area contributed by atoms with Crippen LogP contribution in [0.2, 0.25) is 0 Å². The van der Waals surface area contributed by atoms with Crippen molar-refractivity contribution in [3.63, 3.8) is 0 Å². The second-order valence-electron chi connectivity index (χ2n) is 10.2. The average Bonchev–Trinajstić information content (AvgIpc) is 3.01. The van der Waals surface area contributed by atoms with Crippen LogP contribution in [0.5, 0.6) is 0 Å². The molecule has 4 aromatic rings. The maximum absolute atomic E-state index is 13.4. The van der Waals surface area contributed by atoms with E-state index in [9.17, 15) is 12.8 Å². The van der Waals surface area contributed by atoms with Crippen molar-refractivity contribution in [2.75, 3.05) is 30.0 Å². The van der Waals surface area contributed by atoms with Gasteiger partial charge < -0.3 is 21.3 Å². The fourth-order valence-electron chi connectivity index (χ4n) is 5.08. The van der Waals surface area contributed by atoms with Gasteiger partial charge in [0.2, 0.25) is 16.0 Å². The van der Waals surface area contributed by atoms with Gasteiger partial charge in [-0.25, -0.2) is 22.8 Å². The monoisotopic (exact) mass is 590 g/mol. The molecule has 2 aromatic carbocycles. The molecule has 1 aliphatic carbocycles. The number of hydrogen-bond donors (Lipinski definition) is 4. The highest BCUT2D eigenvalue weighted by Crippen LogP contribution is 2.28. The number of anilines is 5. The molecule has 2 aromatic heterocycles. The van der Waals surface area contributed by atoms with Gasteiger partial charge in [-0.1, -0.05) is 6.07 Å². The molecule has 0 bridgehead atoms. The Morgan fingerprint density at radius 3 is 2.29 bits per heavy atom. The Hall–Kier alpha value is -4.13. The van der Waals surface area contributed by atoms with E-state index >= 15 is 0 Å². The molecule has 10 nitrogen and oxygen atoms in total. The Morgan fingerprint density at radius 2 is 1.57 bits per heavy atom. The van der Waals surface area contributed by atoms with Gasteiger partial charge in [0.05, 0.1) is 4.90 Å². The standard InChI is InChI=1S/C30H35FN8O2S/c1-32-29-21(4-3-18-33-29)20-35-23-9-13-26(14-10-23)39(2)42(40,41)27-15-11-25(12-16-27)37-30-34-19-17-28(38-30)36-24-7-5-22(31)6-8-24/h3-8,11-12,15-19,23,26,35H,9-10,13-14,20H2,1-2H3,(H,32,33)(H2,34,36,37,38). The molecule has 0 aliphatic heterocycles. The number of nitrogens with one attached hydrogen (secondary N) is 4. The molecule has 1 fully saturated rings. The second-order valence-corrected chi connectivity index (χ2v) is 12.2. The van der Waals surface area contributed by atoms with Gasteiger partial charge >= 0.3 is 0 Å². The Balaban J connectivity index is 1.15. The van der Waals surface area contributed by atoms with Gasteiger partial charge in [0.25, 0.3) is 0 Å². The summed E-state index contributed by atoms with van der Waals surface area (Å²) in [6.07, 6.45) is 6.74. The maximum Gasteiger partial charge on any atom is 0.243 e. The molecule has 12 heteroatoms. The van der Waals surface area contributed by atoms with Crippen molar-refractivity contribution in [2.24, 2.45) is 0 Å². The van der Waals surface area contributed by atoms with E-state index < -0.39 is 10.0 Å². The smallest absolute Gasteiger partial charge is 0.243 e. The average molecular weight is 591 g/mol. The number of sulfonamides is 1. The van der Waals surface area contributed by atoms with Crippen LogP contribution in [0, 0.1) is 5.82 Å².